The molecule has 0 spiro atoms. The van der Waals surface area contributed by atoms with E-state index in [1.165, 1.54) is 16.6 Å². The quantitative estimate of drug-likeness (QED) is 0.507. The fraction of sp³-hybridized carbons (Fsp3) is 0.500. The number of amides is 2. The van der Waals surface area contributed by atoms with Crippen LogP contribution in [-0.2, 0) is 35.5 Å². The standard InChI is InChI=1S/C20H25N3O7S2/c1-3-30-14-6-7-15-16(10-14)31-20(23(15)11-19(26)29-2)21-17(24)12-32(27,28)13-18(25)22-8-4-5-9-22/h6-7,10H,3-5,8-9,11-13H2,1-2H3. The van der Waals surface area contributed by atoms with Gasteiger partial charge in [0.2, 0.25) is 5.91 Å². The van der Waals surface area contributed by atoms with Gasteiger partial charge in [-0.15, -0.1) is 0 Å². The molecular formula is C20H25N3O7S2. The van der Waals surface area contributed by atoms with Crippen LogP contribution < -0.4 is 9.54 Å². The molecule has 2 heterocycles. The van der Waals surface area contributed by atoms with Crippen molar-refractivity contribution in [2.75, 3.05) is 38.3 Å². The fourth-order valence-electron chi connectivity index (χ4n) is 3.37. The van der Waals surface area contributed by atoms with E-state index in [0.717, 1.165) is 24.2 Å². The number of carbonyl (C=O) groups is 3. The summed E-state index contributed by atoms with van der Waals surface area (Å²) < 4.78 is 37.1. The van der Waals surface area contributed by atoms with Gasteiger partial charge in [-0.2, -0.15) is 4.99 Å². The number of thiazole rings is 1. The van der Waals surface area contributed by atoms with Crippen LogP contribution in [-0.4, -0.2) is 74.0 Å². The predicted octanol–water partition coefficient (Wildman–Crippen LogP) is 0.739. The summed E-state index contributed by atoms with van der Waals surface area (Å²) in [7, 11) is -2.73. The van der Waals surface area contributed by atoms with Gasteiger partial charge in [-0.05, 0) is 38.0 Å². The molecule has 32 heavy (non-hydrogen) atoms. The highest BCUT2D eigenvalue weighted by atomic mass is 32.2. The Labute approximate surface area is 189 Å². The largest absolute Gasteiger partial charge is 0.494 e. The molecule has 10 nitrogen and oxygen atoms in total. The van der Waals surface area contributed by atoms with Crippen LogP contribution in [0.5, 0.6) is 5.75 Å². The van der Waals surface area contributed by atoms with Crippen LogP contribution >= 0.6 is 11.3 Å². The number of fused-ring (bicyclic) bond motifs is 1. The normalized spacial score (nSPS) is 14.7. The van der Waals surface area contributed by atoms with E-state index in [-0.39, 0.29) is 11.3 Å². The van der Waals surface area contributed by atoms with Gasteiger partial charge in [-0.25, -0.2) is 8.42 Å². The van der Waals surface area contributed by atoms with Crippen molar-refractivity contribution in [3.63, 3.8) is 0 Å². The maximum Gasteiger partial charge on any atom is 0.325 e. The van der Waals surface area contributed by atoms with Crippen molar-refractivity contribution in [1.82, 2.24) is 9.47 Å². The van der Waals surface area contributed by atoms with Crippen LogP contribution in [0.2, 0.25) is 0 Å². The molecule has 0 unspecified atom stereocenters. The van der Waals surface area contributed by atoms with Crippen LogP contribution in [0.15, 0.2) is 23.2 Å². The molecule has 1 aliphatic rings. The van der Waals surface area contributed by atoms with Crippen molar-refractivity contribution in [3.8, 4) is 5.75 Å². The first-order valence-corrected chi connectivity index (χ1v) is 12.7. The van der Waals surface area contributed by atoms with E-state index in [1.807, 2.05) is 6.92 Å². The molecule has 0 aliphatic carbocycles. The van der Waals surface area contributed by atoms with Crippen LogP contribution in [0.3, 0.4) is 0 Å². The Balaban J connectivity index is 1.87. The Bertz CT molecular complexity index is 1190. The zero-order chi connectivity index (χ0) is 23.3. The second-order valence-electron chi connectivity index (χ2n) is 7.24. The minimum Gasteiger partial charge on any atom is -0.494 e. The van der Waals surface area contributed by atoms with Gasteiger partial charge in [0.25, 0.3) is 5.91 Å². The Morgan fingerprint density at radius 2 is 1.88 bits per heavy atom. The summed E-state index contributed by atoms with van der Waals surface area (Å²) in [6.07, 6.45) is 1.69. The molecule has 0 saturated carbocycles. The Hall–Kier alpha value is -2.73. The molecule has 174 valence electrons. The average molecular weight is 484 g/mol. The lowest BCUT2D eigenvalue weighted by Crippen LogP contribution is -2.35. The molecule has 1 aromatic carbocycles. The van der Waals surface area contributed by atoms with Crippen LogP contribution in [0, 0.1) is 0 Å². The molecule has 1 aliphatic heterocycles. The number of hydrogen-bond donors (Lipinski definition) is 0. The lowest BCUT2D eigenvalue weighted by atomic mass is 10.3. The van der Waals surface area contributed by atoms with E-state index in [4.69, 9.17) is 9.47 Å². The molecule has 2 aromatic rings. The van der Waals surface area contributed by atoms with Gasteiger partial charge >= 0.3 is 5.97 Å². The van der Waals surface area contributed by atoms with Crippen molar-refractivity contribution < 1.29 is 32.3 Å². The lowest BCUT2D eigenvalue weighted by molar-refractivity contribution is -0.141. The highest BCUT2D eigenvalue weighted by Gasteiger charge is 2.26. The molecule has 1 aromatic heterocycles. The van der Waals surface area contributed by atoms with E-state index < -0.39 is 39.1 Å². The van der Waals surface area contributed by atoms with Crippen molar-refractivity contribution in [2.45, 2.75) is 26.3 Å². The first-order valence-electron chi connectivity index (χ1n) is 10.1. The molecule has 0 radical (unpaired) electrons. The SMILES string of the molecule is CCOc1ccc2c(c1)sc(=NC(=O)CS(=O)(=O)CC(=O)N1CCCC1)n2CC(=O)OC. The third-order valence-electron chi connectivity index (χ3n) is 4.85. The van der Waals surface area contributed by atoms with Gasteiger partial charge < -0.3 is 18.9 Å². The number of sulfone groups is 1. The van der Waals surface area contributed by atoms with Gasteiger partial charge in [0.1, 0.15) is 23.8 Å². The van der Waals surface area contributed by atoms with E-state index in [9.17, 15) is 22.8 Å². The van der Waals surface area contributed by atoms with Gasteiger partial charge in [0, 0.05) is 13.1 Å². The molecule has 0 bridgehead atoms. The summed E-state index contributed by atoms with van der Waals surface area (Å²) >= 11 is 1.12. The first-order chi connectivity index (χ1) is 15.2. The average Bonchev–Trinajstić information content (AvgIpc) is 3.36. The third-order valence-corrected chi connectivity index (χ3v) is 7.26. The Morgan fingerprint density at radius 1 is 1.16 bits per heavy atom. The molecule has 12 heteroatoms. The number of hydrogen-bond acceptors (Lipinski definition) is 8. The molecule has 1 saturated heterocycles. The number of aromatic nitrogens is 1. The summed E-state index contributed by atoms with van der Waals surface area (Å²) in [6.45, 7) is 3.20. The van der Waals surface area contributed by atoms with Crippen LogP contribution in [0.1, 0.15) is 19.8 Å². The zero-order valence-corrected chi connectivity index (χ0v) is 19.5. The molecule has 3 rings (SSSR count). The van der Waals surface area contributed by atoms with Gasteiger partial charge in [-0.3, -0.25) is 14.4 Å². The van der Waals surface area contributed by atoms with Crippen LogP contribution in [0.4, 0.5) is 0 Å². The van der Waals surface area contributed by atoms with Crippen molar-refractivity contribution >= 4 is 49.2 Å². The van der Waals surface area contributed by atoms with Crippen LogP contribution in [0.25, 0.3) is 10.2 Å². The molecule has 1 fully saturated rings. The summed E-state index contributed by atoms with van der Waals surface area (Å²) in [6, 6.07) is 5.22. The smallest absolute Gasteiger partial charge is 0.325 e. The van der Waals surface area contributed by atoms with Crippen molar-refractivity contribution in [1.29, 1.82) is 0 Å². The number of esters is 1. The number of likely N-dealkylation sites (tertiary alicyclic amines) is 1. The second kappa shape index (κ2) is 10.3. The third kappa shape index (κ3) is 5.94. The lowest BCUT2D eigenvalue weighted by Gasteiger charge is -2.14. The van der Waals surface area contributed by atoms with E-state index in [2.05, 4.69) is 4.99 Å². The summed E-state index contributed by atoms with van der Waals surface area (Å²) in [5.41, 5.74) is 0.627. The van der Waals surface area contributed by atoms with E-state index >= 15 is 0 Å². The molecule has 0 N–H and O–H groups in total. The molecule has 0 atom stereocenters. The number of ether oxygens (including phenoxy) is 2. The van der Waals surface area contributed by atoms with Gasteiger partial charge in [0.15, 0.2) is 14.6 Å². The highest BCUT2D eigenvalue weighted by molar-refractivity contribution is 7.92. The first kappa shape index (κ1) is 23.9. The topological polar surface area (TPSA) is 124 Å². The van der Waals surface area contributed by atoms with E-state index in [1.54, 1.807) is 18.2 Å². The molecule has 2 amide bonds. The number of methoxy groups -OCH3 is 1. The zero-order valence-electron chi connectivity index (χ0n) is 17.9. The van der Waals surface area contributed by atoms with Gasteiger partial charge in [0.05, 0.1) is 23.9 Å². The number of nitrogens with zero attached hydrogens (tertiary/aromatic N) is 3. The van der Waals surface area contributed by atoms with Crippen molar-refractivity contribution in [2.24, 2.45) is 4.99 Å². The van der Waals surface area contributed by atoms with E-state index in [0.29, 0.717) is 35.7 Å². The summed E-state index contributed by atoms with van der Waals surface area (Å²) in [5.74, 6) is -2.94. The number of benzene rings is 1. The van der Waals surface area contributed by atoms with Gasteiger partial charge in [-0.1, -0.05) is 11.3 Å². The predicted molar refractivity (Wildman–Crippen MR) is 118 cm³/mol. The number of rotatable bonds is 8. The fourth-order valence-corrected chi connectivity index (χ4v) is 5.54. The Morgan fingerprint density at radius 3 is 2.53 bits per heavy atom. The summed E-state index contributed by atoms with van der Waals surface area (Å²) in [5, 5.41) is 0. The maximum absolute atomic E-state index is 12.5. The van der Waals surface area contributed by atoms with Crippen molar-refractivity contribution in [3.05, 3.63) is 23.0 Å². The number of carbonyl (C=O) groups excluding carboxylic acids is 3. The monoisotopic (exact) mass is 483 g/mol. The summed E-state index contributed by atoms with van der Waals surface area (Å²) in [4.78, 5) is 42.1. The Kier molecular flexibility index (Phi) is 7.67. The minimum atomic E-state index is -3.97. The second-order valence-corrected chi connectivity index (χ2v) is 10.3. The maximum atomic E-state index is 12.5. The minimum absolute atomic E-state index is 0.158. The molecular weight excluding hydrogens is 458 g/mol. The highest BCUT2D eigenvalue weighted by Crippen LogP contribution is 2.23.